The molecule has 0 saturated heterocycles. The smallest absolute Gasteiger partial charge is 0.415 e. The summed E-state index contributed by atoms with van der Waals surface area (Å²) in [4.78, 5) is 10.4. The van der Waals surface area contributed by atoms with Gasteiger partial charge in [-0.3, -0.25) is 4.79 Å². The zero-order chi connectivity index (χ0) is 14.2. The fraction of sp³-hybridized carbons (Fsp3) is 0.917. The van der Waals surface area contributed by atoms with E-state index < -0.39 is 30.8 Å². The third kappa shape index (κ3) is 8.33. The van der Waals surface area contributed by atoms with Gasteiger partial charge >= 0.3 is 12.1 Å². The van der Waals surface area contributed by atoms with E-state index in [9.17, 15) is 18.0 Å². The fourth-order valence-electron chi connectivity index (χ4n) is 1.61. The second kappa shape index (κ2) is 8.34. The van der Waals surface area contributed by atoms with Crippen molar-refractivity contribution in [1.29, 1.82) is 0 Å². The maximum absolute atomic E-state index is 12.5. The average molecular weight is 270 g/mol. The molecule has 0 aliphatic heterocycles. The van der Waals surface area contributed by atoms with Crippen molar-refractivity contribution < 1.29 is 27.8 Å². The summed E-state index contributed by atoms with van der Waals surface area (Å²) in [5.74, 6) is -1.50. The van der Waals surface area contributed by atoms with Crippen LogP contribution in [0.25, 0.3) is 0 Å². The topological polar surface area (TPSA) is 46.5 Å². The highest BCUT2D eigenvalue weighted by Crippen LogP contribution is 2.27. The number of halogens is 3. The third-order valence-corrected chi connectivity index (χ3v) is 2.59. The van der Waals surface area contributed by atoms with Gasteiger partial charge in [-0.15, -0.1) is 0 Å². The first-order valence-corrected chi connectivity index (χ1v) is 6.21. The molecule has 2 atom stereocenters. The van der Waals surface area contributed by atoms with E-state index in [1.54, 1.807) is 6.92 Å². The molecule has 0 aromatic heterocycles. The Morgan fingerprint density at radius 2 is 1.89 bits per heavy atom. The highest BCUT2D eigenvalue weighted by atomic mass is 19.4. The molecule has 0 spiro atoms. The van der Waals surface area contributed by atoms with Crippen molar-refractivity contribution in [3.8, 4) is 0 Å². The van der Waals surface area contributed by atoms with Crippen LogP contribution in [0.2, 0.25) is 0 Å². The summed E-state index contributed by atoms with van der Waals surface area (Å²) in [6.45, 7) is 3.60. The summed E-state index contributed by atoms with van der Waals surface area (Å²) < 4.78 is 42.3. The van der Waals surface area contributed by atoms with E-state index in [0.717, 1.165) is 25.7 Å². The Kier molecular flexibility index (Phi) is 7.98. The summed E-state index contributed by atoms with van der Waals surface area (Å²) in [6.07, 6.45) is -4.08. The van der Waals surface area contributed by atoms with Crippen molar-refractivity contribution in [3.63, 3.8) is 0 Å². The summed E-state index contributed by atoms with van der Waals surface area (Å²) in [6, 6.07) is 0. The van der Waals surface area contributed by atoms with Crippen molar-refractivity contribution >= 4 is 5.97 Å². The molecule has 0 heterocycles. The third-order valence-electron chi connectivity index (χ3n) is 2.59. The van der Waals surface area contributed by atoms with Crippen LogP contribution in [0.4, 0.5) is 13.2 Å². The molecule has 0 radical (unpaired) electrons. The molecule has 2 unspecified atom stereocenters. The molecule has 0 fully saturated rings. The second-order valence-electron chi connectivity index (χ2n) is 4.42. The summed E-state index contributed by atoms with van der Waals surface area (Å²) in [5, 5.41) is 8.43. The number of ether oxygens (including phenoxy) is 1. The van der Waals surface area contributed by atoms with Gasteiger partial charge in [-0.1, -0.05) is 32.6 Å². The molecule has 0 aromatic carbocycles. The number of alkyl halides is 3. The lowest BCUT2D eigenvalue weighted by Gasteiger charge is -2.23. The first kappa shape index (κ1) is 17.2. The molecule has 0 bridgehead atoms. The Bertz CT molecular complexity index is 241. The summed E-state index contributed by atoms with van der Waals surface area (Å²) in [5.41, 5.74) is 0. The lowest BCUT2D eigenvalue weighted by Crippen LogP contribution is -2.36. The van der Waals surface area contributed by atoms with Crippen LogP contribution in [0.1, 0.15) is 52.4 Å². The van der Waals surface area contributed by atoms with Crippen molar-refractivity contribution in [3.05, 3.63) is 0 Å². The predicted octanol–water partition coefficient (Wildman–Crippen LogP) is 3.77. The van der Waals surface area contributed by atoms with E-state index in [1.165, 1.54) is 0 Å². The van der Waals surface area contributed by atoms with Gasteiger partial charge in [-0.05, 0) is 13.3 Å². The molecular weight excluding hydrogens is 249 g/mol. The number of hydrogen-bond acceptors (Lipinski definition) is 2. The lowest BCUT2D eigenvalue weighted by atomic mass is 10.1. The molecule has 6 heteroatoms. The maximum atomic E-state index is 12.5. The van der Waals surface area contributed by atoms with Gasteiger partial charge in [0.15, 0.2) is 6.10 Å². The van der Waals surface area contributed by atoms with Gasteiger partial charge in [0.05, 0.1) is 12.5 Å². The molecule has 0 aliphatic carbocycles. The van der Waals surface area contributed by atoms with E-state index in [4.69, 9.17) is 9.84 Å². The van der Waals surface area contributed by atoms with Crippen molar-refractivity contribution in [2.45, 2.75) is 70.8 Å². The van der Waals surface area contributed by atoms with Gasteiger partial charge in [0, 0.05) is 0 Å². The van der Waals surface area contributed by atoms with Crippen LogP contribution >= 0.6 is 0 Å². The molecule has 0 rings (SSSR count). The molecule has 0 aliphatic rings. The SMILES string of the molecule is CCCCCCC(C)OC(CC(=O)O)C(F)(F)F. The zero-order valence-electron chi connectivity index (χ0n) is 10.8. The van der Waals surface area contributed by atoms with Crippen LogP contribution in [0.3, 0.4) is 0 Å². The monoisotopic (exact) mass is 270 g/mol. The van der Waals surface area contributed by atoms with Crippen LogP contribution in [-0.2, 0) is 9.53 Å². The Morgan fingerprint density at radius 3 is 2.33 bits per heavy atom. The van der Waals surface area contributed by atoms with E-state index in [0.29, 0.717) is 6.42 Å². The molecule has 108 valence electrons. The normalized spacial score (nSPS) is 15.4. The van der Waals surface area contributed by atoms with Crippen LogP contribution < -0.4 is 0 Å². The second-order valence-corrected chi connectivity index (χ2v) is 4.42. The Hall–Kier alpha value is -0.780. The van der Waals surface area contributed by atoms with Gasteiger partial charge in [0.25, 0.3) is 0 Å². The van der Waals surface area contributed by atoms with E-state index >= 15 is 0 Å². The quantitative estimate of drug-likeness (QED) is 0.649. The number of unbranched alkanes of at least 4 members (excludes halogenated alkanes) is 3. The number of rotatable bonds is 9. The van der Waals surface area contributed by atoms with Crippen molar-refractivity contribution in [1.82, 2.24) is 0 Å². The van der Waals surface area contributed by atoms with Crippen LogP contribution in [0, 0.1) is 0 Å². The zero-order valence-corrected chi connectivity index (χ0v) is 10.8. The highest BCUT2D eigenvalue weighted by Gasteiger charge is 2.42. The molecular formula is C12H21F3O3. The molecule has 0 saturated carbocycles. The summed E-state index contributed by atoms with van der Waals surface area (Å²) in [7, 11) is 0. The minimum Gasteiger partial charge on any atom is -0.481 e. The lowest BCUT2D eigenvalue weighted by molar-refractivity contribution is -0.234. The number of hydrogen-bond donors (Lipinski definition) is 1. The maximum Gasteiger partial charge on any atom is 0.415 e. The first-order valence-electron chi connectivity index (χ1n) is 6.21. The molecule has 18 heavy (non-hydrogen) atoms. The number of carboxylic acid groups (broad SMARTS) is 1. The molecule has 3 nitrogen and oxygen atoms in total. The highest BCUT2D eigenvalue weighted by molar-refractivity contribution is 5.67. The first-order chi connectivity index (χ1) is 8.27. The van der Waals surface area contributed by atoms with E-state index in [-0.39, 0.29) is 0 Å². The largest absolute Gasteiger partial charge is 0.481 e. The van der Waals surface area contributed by atoms with Gasteiger partial charge in [0.1, 0.15) is 0 Å². The molecule has 0 amide bonds. The molecule has 1 N–H and O–H groups in total. The van der Waals surface area contributed by atoms with Crippen LogP contribution in [0.15, 0.2) is 0 Å². The van der Waals surface area contributed by atoms with E-state index in [1.807, 2.05) is 6.92 Å². The number of carbonyl (C=O) groups is 1. The fourth-order valence-corrected chi connectivity index (χ4v) is 1.61. The van der Waals surface area contributed by atoms with Crippen molar-refractivity contribution in [2.75, 3.05) is 0 Å². The van der Waals surface area contributed by atoms with Gasteiger partial charge < -0.3 is 9.84 Å². The van der Waals surface area contributed by atoms with Gasteiger partial charge in [-0.2, -0.15) is 13.2 Å². The van der Waals surface area contributed by atoms with Crippen LogP contribution in [0.5, 0.6) is 0 Å². The predicted molar refractivity (Wildman–Crippen MR) is 61.4 cm³/mol. The minimum atomic E-state index is -4.63. The van der Waals surface area contributed by atoms with Gasteiger partial charge in [0.2, 0.25) is 0 Å². The number of aliphatic carboxylic acids is 1. The Labute approximate surface area is 105 Å². The standard InChI is InChI=1S/C12H21F3O3/c1-3-4-5-6-7-9(2)18-10(8-11(16)17)12(13,14)15/h9-10H,3-8H2,1-2H3,(H,16,17). The molecule has 0 aromatic rings. The minimum absolute atomic E-state index is 0.520. The van der Waals surface area contributed by atoms with Gasteiger partial charge in [-0.25, -0.2) is 0 Å². The Balaban J connectivity index is 4.11. The van der Waals surface area contributed by atoms with Crippen molar-refractivity contribution in [2.24, 2.45) is 0 Å². The summed E-state index contributed by atoms with van der Waals surface area (Å²) >= 11 is 0. The van der Waals surface area contributed by atoms with E-state index in [2.05, 4.69) is 0 Å². The average Bonchev–Trinajstić information content (AvgIpc) is 2.21. The number of carboxylic acids is 1. The van der Waals surface area contributed by atoms with Crippen LogP contribution in [-0.4, -0.2) is 29.5 Å². The Morgan fingerprint density at radius 1 is 1.28 bits per heavy atom.